The second-order valence-corrected chi connectivity index (χ2v) is 8.20. The molecule has 34 heavy (non-hydrogen) atoms. The normalized spacial score (nSPS) is 17.7. The van der Waals surface area contributed by atoms with Crippen LogP contribution in [0.3, 0.4) is 0 Å². The molecule has 0 saturated carbocycles. The number of fused-ring (bicyclic) bond motifs is 1. The molecular formula is C25H26N4O5. The van der Waals surface area contributed by atoms with E-state index in [2.05, 4.69) is 10.6 Å². The molecule has 2 N–H and O–H groups in total. The zero-order chi connectivity index (χ0) is 24.5. The highest BCUT2D eigenvalue weighted by atomic mass is 16.3. The van der Waals surface area contributed by atoms with Crippen LogP contribution >= 0.6 is 0 Å². The fourth-order valence-electron chi connectivity index (χ4n) is 3.97. The van der Waals surface area contributed by atoms with Gasteiger partial charge in [-0.15, -0.1) is 0 Å². The molecule has 3 aromatic rings. The number of urea groups is 1. The predicted molar refractivity (Wildman–Crippen MR) is 126 cm³/mol. The van der Waals surface area contributed by atoms with Crippen molar-refractivity contribution in [2.24, 2.45) is 0 Å². The number of benzene rings is 2. The third-order valence-corrected chi connectivity index (χ3v) is 5.96. The molecule has 1 aromatic heterocycles. The first kappa shape index (κ1) is 23.0. The maximum Gasteiger partial charge on any atom is 0.325 e. The van der Waals surface area contributed by atoms with Crippen molar-refractivity contribution in [2.45, 2.75) is 26.3 Å². The zero-order valence-electron chi connectivity index (χ0n) is 19.3. The molecule has 4 rings (SSSR count). The van der Waals surface area contributed by atoms with Gasteiger partial charge in [0.1, 0.15) is 17.9 Å². The number of hydrogen-bond acceptors (Lipinski definition) is 5. The third-order valence-electron chi connectivity index (χ3n) is 5.96. The van der Waals surface area contributed by atoms with Crippen LogP contribution in [0.1, 0.15) is 36.9 Å². The number of anilines is 1. The highest BCUT2D eigenvalue weighted by Crippen LogP contribution is 2.33. The van der Waals surface area contributed by atoms with Gasteiger partial charge >= 0.3 is 6.03 Å². The Hall–Kier alpha value is -4.14. The first-order valence-corrected chi connectivity index (χ1v) is 11.1. The van der Waals surface area contributed by atoms with Crippen molar-refractivity contribution in [3.05, 3.63) is 65.9 Å². The van der Waals surface area contributed by atoms with E-state index in [1.165, 1.54) is 0 Å². The summed E-state index contributed by atoms with van der Waals surface area (Å²) in [6.07, 6.45) is 0. The molecule has 0 unspecified atom stereocenters. The molecule has 1 aliphatic heterocycles. The van der Waals surface area contributed by atoms with Crippen LogP contribution in [0.4, 0.5) is 10.5 Å². The van der Waals surface area contributed by atoms with Gasteiger partial charge in [-0.25, -0.2) is 4.79 Å². The molecule has 2 heterocycles. The van der Waals surface area contributed by atoms with Crippen LogP contribution < -0.4 is 10.6 Å². The van der Waals surface area contributed by atoms with E-state index in [-0.39, 0.29) is 5.91 Å². The molecule has 1 saturated heterocycles. The number of nitrogens with one attached hydrogen (secondary N) is 2. The summed E-state index contributed by atoms with van der Waals surface area (Å²) in [7, 11) is 0. The Morgan fingerprint density at radius 3 is 2.38 bits per heavy atom. The number of hydrogen-bond donors (Lipinski definition) is 2. The number of rotatable bonds is 7. The van der Waals surface area contributed by atoms with E-state index in [1.807, 2.05) is 32.0 Å². The van der Waals surface area contributed by atoms with Crippen LogP contribution in [0.15, 0.2) is 59.0 Å². The number of furan rings is 1. The highest BCUT2D eigenvalue weighted by Gasteiger charge is 2.51. The first-order valence-electron chi connectivity index (χ1n) is 11.1. The van der Waals surface area contributed by atoms with Gasteiger partial charge in [-0.2, -0.15) is 0 Å². The van der Waals surface area contributed by atoms with Gasteiger partial charge < -0.3 is 20.0 Å². The van der Waals surface area contributed by atoms with Gasteiger partial charge in [0.05, 0.1) is 0 Å². The molecule has 9 heteroatoms. The Bertz CT molecular complexity index is 1230. The minimum Gasteiger partial charge on any atom is -0.458 e. The van der Waals surface area contributed by atoms with Crippen molar-refractivity contribution in [1.29, 1.82) is 0 Å². The van der Waals surface area contributed by atoms with E-state index in [1.54, 1.807) is 48.2 Å². The monoisotopic (exact) mass is 462 g/mol. The average Bonchev–Trinajstić information content (AvgIpc) is 3.36. The number of para-hydroxylation sites is 1. The number of carbonyl (C=O) groups is 4. The quantitative estimate of drug-likeness (QED) is 0.523. The SMILES string of the molecule is CCN(CC)C(=O)c1ccc(NC(=O)CN2C(=O)N[C@@](C)(c3cc4ccccc4o3)C2=O)cc1. The summed E-state index contributed by atoms with van der Waals surface area (Å²) in [5.41, 5.74) is 0.147. The van der Waals surface area contributed by atoms with E-state index in [9.17, 15) is 19.2 Å². The van der Waals surface area contributed by atoms with Gasteiger partial charge in [-0.1, -0.05) is 18.2 Å². The van der Waals surface area contributed by atoms with E-state index in [0.29, 0.717) is 35.7 Å². The molecule has 5 amide bonds. The number of nitrogens with zero attached hydrogens (tertiary/aromatic N) is 2. The second-order valence-electron chi connectivity index (χ2n) is 8.20. The molecule has 0 spiro atoms. The topological polar surface area (TPSA) is 112 Å². The molecule has 2 aromatic carbocycles. The lowest BCUT2D eigenvalue weighted by Crippen LogP contribution is -2.41. The molecule has 0 radical (unpaired) electrons. The Kier molecular flexibility index (Phi) is 6.10. The van der Waals surface area contributed by atoms with E-state index >= 15 is 0 Å². The van der Waals surface area contributed by atoms with Gasteiger partial charge in [0.25, 0.3) is 11.8 Å². The van der Waals surface area contributed by atoms with E-state index < -0.39 is 29.9 Å². The van der Waals surface area contributed by atoms with Crippen LogP contribution in [-0.4, -0.2) is 53.2 Å². The smallest absolute Gasteiger partial charge is 0.325 e. The maximum atomic E-state index is 13.1. The molecule has 9 nitrogen and oxygen atoms in total. The van der Waals surface area contributed by atoms with Crippen molar-refractivity contribution in [1.82, 2.24) is 15.1 Å². The van der Waals surface area contributed by atoms with Crippen LogP contribution in [0.2, 0.25) is 0 Å². The second kappa shape index (κ2) is 9.01. The minimum atomic E-state index is -1.41. The Balaban J connectivity index is 1.43. The lowest BCUT2D eigenvalue weighted by Gasteiger charge is -2.19. The minimum absolute atomic E-state index is 0.0907. The van der Waals surface area contributed by atoms with Gasteiger partial charge in [-0.3, -0.25) is 19.3 Å². The molecule has 1 atom stereocenters. The lowest BCUT2D eigenvalue weighted by atomic mass is 9.99. The lowest BCUT2D eigenvalue weighted by molar-refractivity contribution is -0.134. The summed E-state index contributed by atoms with van der Waals surface area (Å²) in [5, 5.41) is 6.11. The molecule has 1 fully saturated rings. The summed E-state index contributed by atoms with van der Waals surface area (Å²) >= 11 is 0. The van der Waals surface area contributed by atoms with Crippen LogP contribution in [0.25, 0.3) is 11.0 Å². The van der Waals surface area contributed by atoms with Gasteiger partial charge in [0, 0.05) is 29.7 Å². The zero-order valence-corrected chi connectivity index (χ0v) is 19.3. The van der Waals surface area contributed by atoms with Crippen LogP contribution in [-0.2, 0) is 15.1 Å². The average molecular weight is 463 g/mol. The van der Waals surface area contributed by atoms with Gasteiger partial charge in [-0.05, 0) is 57.2 Å². The van der Waals surface area contributed by atoms with Gasteiger partial charge in [0.15, 0.2) is 5.54 Å². The van der Waals surface area contributed by atoms with Crippen LogP contribution in [0.5, 0.6) is 0 Å². The predicted octanol–water partition coefficient (Wildman–Crippen LogP) is 3.32. The first-order chi connectivity index (χ1) is 16.3. The van der Waals surface area contributed by atoms with Crippen molar-refractivity contribution in [3.8, 4) is 0 Å². The van der Waals surface area contributed by atoms with Crippen molar-refractivity contribution in [2.75, 3.05) is 25.0 Å². The fourth-order valence-corrected chi connectivity index (χ4v) is 3.97. The summed E-state index contributed by atoms with van der Waals surface area (Å²) in [6, 6.07) is 14.8. The number of amides is 5. The maximum absolute atomic E-state index is 13.1. The van der Waals surface area contributed by atoms with E-state index in [4.69, 9.17) is 4.42 Å². The fraction of sp³-hybridized carbons (Fsp3) is 0.280. The molecule has 0 bridgehead atoms. The number of imide groups is 1. The Morgan fingerprint density at radius 1 is 1.06 bits per heavy atom. The van der Waals surface area contributed by atoms with Gasteiger partial charge in [0.2, 0.25) is 5.91 Å². The van der Waals surface area contributed by atoms with Crippen molar-refractivity contribution in [3.63, 3.8) is 0 Å². The van der Waals surface area contributed by atoms with Crippen molar-refractivity contribution < 1.29 is 23.6 Å². The molecule has 1 aliphatic rings. The third kappa shape index (κ3) is 4.12. The highest BCUT2D eigenvalue weighted by molar-refractivity contribution is 6.10. The largest absolute Gasteiger partial charge is 0.458 e. The standard InChI is InChI=1S/C25H26N4O5/c1-4-28(5-2)22(31)16-10-12-18(13-11-16)26-21(30)15-29-23(32)25(3,27-24(29)33)20-14-17-8-6-7-9-19(17)34-20/h6-14H,4-5,15H2,1-3H3,(H,26,30)(H,27,33)/t25-/m0/s1. The molecule has 0 aliphatic carbocycles. The number of carbonyl (C=O) groups excluding carboxylic acids is 4. The Labute approximate surface area is 196 Å². The summed E-state index contributed by atoms with van der Waals surface area (Å²) < 4.78 is 5.79. The Morgan fingerprint density at radius 2 is 1.74 bits per heavy atom. The van der Waals surface area contributed by atoms with Crippen molar-refractivity contribution >= 4 is 40.4 Å². The van der Waals surface area contributed by atoms with E-state index in [0.717, 1.165) is 10.3 Å². The summed E-state index contributed by atoms with van der Waals surface area (Å²) in [5.74, 6) is -0.914. The summed E-state index contributed by atoms with van der Waals surface area (Å²) in [4.78, 5) is 53.2. The molecule has 176 valence electrons. The van der Waals surface area contributed by atoms with Crippen LogP contribution in [0, 0.1) is 0 Å². The molecular weight excluding hydrogens is 436 g/mol. The summed E-state index contributed by atoms with van der Waals surface area (Å²) in [6.45, 7) is 6.12.